The molecule has 112 valence electrons. The van der Waals surface area contributed by atoms with Gasteiger partial charge in [-0.2, -0.15) is 0 Å². The molecule has 0 aliphatic carbocycles. The number of anilines is 2. The normalized spacial score (nSPS) is 12.5. The standard InChI is InChI=1S/C21H18N2/c1-14-8-10-18-17(12-14)21(16-6-4-3-5-7-16)23-19-11-9-15(2)13-20(19)22-18/h3-13,22H,1-2H3. The summed E-state index contributed by atoms with van der Waals surface area (Å²) in [6, 6.07) is 23.2. The van der Waals surface area contributed by atoms with Crippen LogP contribution in [0.1, 0.15) is 22.3 Å². The Labute approximate surface area is 136 Å². The van der Waals surface area contributed by atoms with E-state index < -0.39 is 0 Å². The average Bonchev–Trinajstić information content (AvgIpc) is 2.72. The first-order chi connectivity index (χ1) is 11.2. The first kappa shape index (κ1) is 13.8. The molecule has 0 radical (unpaired) electrons. The molecule has 1 aliphatic heterocycles. The molecule has 0 fully saturated rings. The van der Waals surface area contributed by atoms with E-state index in [4.69, 9.17) is 4.99 Å². The molecule has 3 aromatic rings. The van der Waals surface area contributed by atoms with Crippen LogP contribution in [-0.2, 0) is 0 Å². The first-order valence-electron chi connectivity index (χ1n) is 7.83. The molecule has 0 bridgehead atoms. The van der Waals surface area contributed by atoms with Crippen LogP contribution in [0.4, 0.5) is 17.1 Å². The summed E-state index contributed by atoms with van der Waals surface area (Å²) in [6.07, 6.45) is 0. The highest BCUT2D eigenvalue weighted by Gasteiger charge is 2.17. The molecular weight excluding hydrogens is 280 g/mol. The lowest BCUT2D eigenvalue weighted by Crippen LogP contribution is -2.05. The molecule has 2 heteroatoms. The van der Waals surface area contributed by atoms with Crippen LogP contribution >= 0.6 is 0 Å². The maximum Gasteiger partial charge on any atom is 0.0872 e. The minimum Gasteiger partial charge on any atom is -0.353 e. The van der Waals surface area contributed by atoms with Crippen LogP contribution in [0.5, 0.6) is 0 Å². The molecule has 0 spiro atoms. The number of aliphatic imine (C=N–C) groups is 1. The maximum absolute atomic E-state index is 4.99. The van der Waals surface area contributed by atoms with Gasteiger partial charge >= 0.3 is 0 Å². The zero-order valence-corrected chi connectivity index (χ0v) is 13.3. The van der Waals surface area contributed by atoms with Crippen LogP contribution in [0.2, 0.25) is 0 Å². The third-order valence-corrected chi connectivity index (χ3v) is 4.13. The third-order valence-electron chi connectivity index (χ3n) is 4.13. The summed E-state index contributed by atoms with van der Waals surface area (Å²) < 4.78 is 0. The second-order valence-corrected chi connectivity index (χ2v) is 6.02. The Morgan fingerprint density at radius 3 is 2.30 bits per heavy atom. The fourth-order valence-corrected chi connectivity index (χ4v) is 2.95. The van der Waals surface area contributed by atoms with E-state index in [-0.39, 0.29) is 0 Å². The van der Waals surface area contributed by atoms with E-state index in [0.717, 1.165) is 33.9 Å². The Kier molecular flexibility index (Phi) is 3.23. The van der Waals surface area contributed by atoms with E-state index in [2.05, 4.69) is 79.8 Å². The van der Waals surface area contributed by atoms with Crippen molar-refractivity contribution < 1.29 is 0 Å². The Hall–Kier alpha value is -2.87. The van der Waals surface area contributed by atoms with Gasteiger partial charge in [0.2, 0.25) is 0 Å². The molecule has 0 aromatic heterocycles. The largest absolute Gasteiger partial charge is 0.353 e. The smallest absolute Gasteiger partial charge is 0.0872 e. The van der Waals surface area contributed by atoms with E-state index in [1.165, 1.54) is 11.1 Å². The van der Waals surface area contributed by atoms with Crippen molar-refractivity contribution in [2.75, 3.05) is 5.32 Å². The summed E-state index contributed by atoms with van der Waals surface area (Å²) in [7, 11) is 0. The number of benzene rings is 3. The number of fused-ring (bicyclic) bond motifs is 2. The quantitative estimate of drug-likeness (QED) is 0.491. The van der Waals surface area contributed by atoms with Gasteiger partial charge < -0.3 is 5.32 Å². The van der Waals surface area contributed by atoms with Crippen molar-refractivity contribution in [2.45, 2.75) is 13.8 Å². The molecule has 1 N–H and O–H groups in total. The van der Waals surface area contributed by atoms with E-state index in [0.29, 0.717) is 0 Å². The van der Waals surface area contributed by atoms with Gasteiger partial charge in [-0.15, -0.1) is 0 Å². The molecule has 0 unspecified atom stereocenters. The van der Waals surface area contributed by atoms with Crippen molar-refractivity contribution in [3.05, 3.63) is 89.0 Å². The number of nitrogens with one attached hydrogen (secondary N) is 1. The van der Waals surface area contributed by atoms with Crippen molar-refractivity contribution in [3.63, 3.8) is 0 Å². The molecule has 0 atom stereocenters. The summed E-state index contributed by atoms with van der Waals surface area (Å²) >= 11 is 0. The number of rotatable bonds is 1. The number of hydrogen-bond donors (Lipinski definition) is 1. The molecular formula is C21H18N2. The van der Waals surface area contributed by atoms with Crippen LogP contribution in [0.25, 0.3) is 0 Å². The van der Waals surface area contributed by atoms with E-state index in [1.54, 1.807) is 0 Å². The summed E-state index contributed by atoms with van der Waals surface area (Å²) in [5.74, 6) is 0. The van der Waals surface area contributed by atoms with E-state index in [1.807, 2.05) is 6.07 Å². The average molecular weight is 298 g/mol. The van der Waals surface area contributed by atoms with Crippen LogP contribution < -0.4 is 5.32 Å². The van der Waals surface area contributed by atoms with Gasteiger partial charge in [-0.3, -0.25) is 0 Å². The number of hydrogen-bond acceptors (Lipinski definition) is 2. The van der Waals surface area contributed by atoms with Gasteiger partial charge in [0.1, 0.15) is 0 Å². The number of nitrogens with zero attached hydrogens (tertiary/aromatic N) is 1. The van der Waals surface area contributed by atoms with Crippen LogP contribution in [0.15, 0.2) is 71.7 Å². The van der Waals surface area contributed by atoms with Gasteiger partial charge in [-0.25, -0.2) is 4.99 Å². The molecule has 2 nitrogen and oxygen atoms in total. The zero-order valence-electron chi connectivity index (χ0n) is 13.3. The molecule has 1 heterocycles. The highest BCUT2D eigenvalue weighted by molar-refractivity contribution is 6.18. The minimum atomic E-state index is 0.975. The molecule has 1 aliphatic rings. The summed E-state index contributed by atoms with van der Waals surface area (Å²) in [6.45, 7) is 4.22. The molecule has 0 saturated heterocycles. The highest BCUT2D eigenvalue weighted by atomic mass is 14.9. The molecule has 0 saturated carbocycles. The predicted molar refractivity (Wildman–Crippen MR) is 97.4 cm³/mol. The maximum atomic E-state index is 4.99. The monoisotopic (exact) mass is 298 g/mol. The van der Waals surface area contributed by atoms with Crippen LogP contribution in [0.3, 0.4) is 0 Å². The van der Waals surface area contributed by atoms with Gasteiger partial charge in [0.15, 0.2) is 0 Å². The molecule has 23 heavy (non-hydrogen) atoms. The second kappa shape index (κ2) is 5.40. The molecule has 4 rings (SSSR count). The molecule has 3 aromatic carbocycles. The van der Waals surface area contributed by atoms with Gasteiger partial charge in [0, 0.05) is 16.8 Å². The van der Waals surface area contributed by atoms with Gasteiger partial charge in [-0.05, 0) is 43.7 Å². The minimum absolute atomic E-state index is 0.975. The van der Waals surface area contributed by atoms with Crippen molar-refractivity contribution in [2.24, 2.45) is 4.99 Å². The fourth-order valence-electron chi connectivity index (χ4n) is 2.95. The summed E-state index contributed by atoms with van der Waals surface area (Å²) in [5, 5.41) is 3.56. The second-order valence-electron chi connectivity index (χ2n) is 6.02. The topological polar surface area (TPSA) is 24.4 Å². The van der Waals surface area contributed by atoms with Crippen molar-refractivity contribution in [1.29, 1.82) is 0 Å². The SMILES string of the molecule is Cc1ccc2c(c1)Nc1ccc(C)cc1C(c1ccccc1)=N2. The molecule has 0 amide bonds. The van der Waals surface area contributed by atoms with Crippen molar-refractivity contribution >= 4 is 22.8 Å². The van der Waals surface area contributed by atoms with Gasteiger partial charge in [0.05, 0.1) is 17.1 Å². The van der Waals surface area contributed by atoms with Crippen LogP contribution in [-0.4, -0.2) is 5.71 Å². The fraction of sp³-hybridized carbons (Fsp3) is 0.0952. The zero-order chi connectivity index (χ0) is 15.8. The Bertz CT molecular complexity index is 908. The van der Waals surface area contributed by atoms with E-state index >= 15 is 0 Å². The summed E-state index contributed by atoms with van der Waals surface area (Å²) in [5.41, 5.74) is 8.88. The van der Waals surface area contributed by atoms with Gasteiger partial charge in [0.25, 0.3) is 0 Å². The van der Waals surface area contributed by atoms with Crippen molar-refractivity contribution in [1.82, 2.24) is 0 Å². The Morgan fingerprint density at radius 1 is 0.739 bits per heavy atom. The first-order valence-corrected chi connectivity index (χ1v) is 7.83. The Morgan fingerprint density at radius 2 is 1.48 bits per heavy atom. The van der Waals surface area contributed by atoms with E-state index in [9.17, 15) is 0 Å². The third kappa shape index (κ3) is 2.53. The van der Waals surface area contributed by atoms with Gasteiger partial charge in [-0.1, -0.05) is 48.0 Å². The van der Waals surface area contributed by atoms with Crippen LogP contribution in [0, 0.1) is 13.8 Å². The lowest BCUT2D eigenvalue weighted by molar-refractivity contribution is 1.42. The number of aryl methyl sites for hydroxylation is 2. The Balaban J connectivity index is 2.01. The lowest BCUT2D eigenvalue weighted by Gasteiger charge is -2.12. The van der Waals surface area contributed by atoms with Crippen molar-refractivity contribution in [3.8, 4) is 0 Å². The lowest BCUT2D eigenvalue weighted by atomic mass is 9.99. The predicted octanol–water partition coefficient (Wildman–Crippen LogP) is 5.53. The summed E-state index contributed by atoms with van der Waals surface area (Å²) in [4.78, 5) is 4.99. The highest BCUT2D eigenvalue weighted by Crippen LogP contribution is 2.36.